The minimum atomic E-state index is -0.546. The minimum absolute atomic E-state index is 0. The van der Waals surface area contributed by atoms with Crippen LogP contribution in [-0.2, 0) is 9.53 Å². The van der Waals surface area contributed by atoms with E-state index in [-0.39, 0.29) is 30.7 Å². The van der Waals surface area contributed by atoms with Gasteiger partial charge in [0.25, 0.3) is 0 Å². The van der Waals surface area contributed by atoms with Gasteiger partial charge in [0, 0.05) is 43.7 Å². The molecule has 1 aliphatic rings. The Hall–Kier alpha value is -1.47. The fraction of sp³-hybridized carbons (Fsp3) is 0.400. The van der Waals surface area contributed by atoms with Crippen molar-refractivity contribution in [3.63, 3.8) is 0 Å². The second kappa shape index (κ2) is 8.40. The van der Waals surface area contributed by atoms with Crippen LogP contribution in [-0.4, -0.2) is 35.6 Å². The molecule has 3 rings (SSSR count). The molecule has 0 aliphatic carbocycles. The van der Waals surface area contributed by atoms with Gasteiger partial charge in [-0.25, -0.2) is 0 Å². The van der Waals surface area contributed by atoms with E-state index in [1.807, 2.05) is 6.07 Å². The molecule has 0 bridgehead atoms. The molecule has 0 atom stereocenters. The Labute approximate surface area is 147 Å². The summed E-state index contributed by atoms with van der Waals surface area (Å²) in [5.74, 6) is -0.0512. The predicted octanol–water partition coefficient (Wildman–Crippen LogP) is 2.17. The third-order valence-electron chi connectivity index (χ3n) is 4.11. The van der Waals surface area contributed by atoms with Crippen molar-refractivity contribution in [2.24, 2.45) is 11.1 Å². The summed E-state index contributed by atoms with van der Waals surface area (Å²) in [6, 6.07) is 3.60. The van der Waals surface area contributed by atoms with Crippen LogP contribution in [0, 0.1) is 5.41 Å². The molecule has 3 heterocycles. The van der Waals surface area contributed by atoms with Gasteiger partial charge in [-0.3, -0.25) is 14.8 Å². The highest BCUT2D eigenvalue weighted by atomic mass is 35.5. The van der Waals surface area contributed by atoms with Gasteiger partial charge in [-0.05, 0) is 25.0 Å². The second-order valence-corrected chi connectivity index (χ2v) is 5.30. The number of amides is 1. The van der Waals surface area contributed by atoms with Crippen molar-refractivity contribution in [2.75, 3.05) is 25.1 Å². The van der Waals surface area contributed by atoms with Crippen molar-refractivity contribution in [3.8, 4) is 0 Å². The Kier molecular flexibility index (Phi) is 7.15. The summed E-state index contributed by atoms with van der Waals surface area (Å²) in [7, 11) is 0. The largest absolute Gasteiger partial charge is 0.381 e. The quantitative estimate of drug-likeness (QED) is 0.877. The van der Waals surface area contributed by atoms with Gasteiger partial charge < -0.3 is 15.8 Å². The van der Waals surface area contributed by atoms with E-state index in [4.69, 9.17) is 10.5 Å². The van der Waals surface area contributed by atoms with Gasteiger partial charge in [0.1, 0.15) is 0 Å². The van der Waals surface area contributed by atoms with Crippen LogP contribution in [0.1, 0.15) is 12.8 Å². The number of nitrogens with two attached hydrogens (primary N) is 1. The van der Waals surface area contributed by atoms with Gasteiger partial charge in [-0.15, -0.1) is 24.8 Å². The molecule has 0 radical (unpaired) electrons. The fourth-order valence-electron chi connectivity index (χ4n) is 2.64. The van der Waals surface area contributed by atoms with E-state index in [9.17, 15) is 4.79 Å². The Morgan fingerprint density at radius 3 is 2.70 bits per heavy atom. The number of hydrogen-bond donors (Lipinski definition) is 2. The fourth-order valence-corrected chi connectivity index (χ4v) is 2.64. The molecule has 126 valence electrons. The molecular weight excluding hydrogens is 339 g/mol. The molecule has 0 spiro atoms. The molecule has 8 heteroatoms. The monoisotopic (exact) mass is 358 g/mol. The first-order valence-corrected chi connectivity index (χ1v) is 7.03. The first kappa shape index (κ1) is 19.6. The van der Waals surface area contributed by atoms with E-state index >= 15 is 0 Å². The zero-order valence-corrected chi connectivity index (χ0v) is 14.2. The van der Waals surface area contributed by atoms with Gasteiger partial charge in [-0.2, -0.15) is 0 Å². The van der Waals surface area contributed by atoms with Crippen molar-refractivity contribution in [2.45, 2.75) is 12.8 Å². The normalized spacial score (nSPS) is 16.0. The maximum absolute atomic E-state index is 12.7. The van der Waals surface area contributed by atoms with Crippen molar-refractivity contribution in [3.05, 3.63) is 30.7 Å². The third kappa shape index (κ3) is 3.90. The molecule has 2 aromatic heterocycles. The van der Waals surface area contributed by atoms with Crippen molar-refractivity contribution < 1.29 is 9.53 Å². The number of hydrogen-bond acceptors (Lipinski definition) is 5. The Balaban J connectivity index is 0.00000132. The summed E-state index contributed by atoms with van der Waals surface area (Å²) < 4.78 is 5.34. The highest BCUT2D eigenvalue weighted by molar-refractivity contribution is 6.02. The average Bonchev–Trinajstić information content (AvgIpc) is 2.56. The lowest BCUT2D eigenvalue weighted by Crippen LogP contribution is -2.46. The summed E-state index contributed by atoms with van der Waals surface area (Å²) in [6.45, 7) is 1.47. The van der Waals surface area contributed by atoms with E-state index in [0.29, 0.717) is 32.6 Å². The van der Waals surface area contributed by atoms with Crippen LogP contribution in [0.15, 0.2) is 30.7 Å². The summed E-state index contributed by atoms with van der Waals surface area (Å²) >= 11 is 0. The van der Waals surface area contributed by atoms with Crippen LogP contribution in [0.5, 0.6) is 0 Å². The van der Waals surface area contributed by atoms with Crippen molar-refractivity contribution in [1.82, 2.24) is 9.97 Å². The molecule has 1 amide bonds. The van der Waals surface area contributed by atoms with Gasteiger partial charge in [0.05, 0.1) is 16.6 Å². The molecule has 6 nitrogen and oxygen atoms in total. The molecular formula is C15H20Cl2N4O2. The Bertz CT molecular complexity index is 657. The molecule has 1 aliphatic heterocycles. The number of pyridine rings is 2. The van der Waals surface area contributed by atoms with E-state index in [1.165, 1.54) is 0 Å². The van der Waals surface area contributed by atoms with Gasteiger partial charge in [0.15, 0.2) is 0 Å². The van der Waals surface area contributed by atoms with Crippen LogP contribution in [0.25, 0.3) is 10.9 Å². The molecule has 0 saturated carbocycles. The number of halogens is 2. The molecule has 0 unspecified atom stereocenters. The molecule has 1 saturated heterocycles. The van der Waals surface area contributed by atoms with Gasteiger partial charge in [-0.1, -0.05) is 0 Å². The zero-order chi connectivity index (χ0) is 14.7. The molecule has 3 N–H and O–H groups in total. The number of anilines is 1. The van der Waals surface area contributed by atoms with Crippen LogP contribution in [0.2, 0.25) is 0 Å². The van der Waals surface area contributed by atoms with Crippen LogP contribution in [0.3, 0.4) is 0 Å². The summed E-state index contributed by atoms with van der Waals surface area (Å²) in [6.07, 6.45) is 6.36. The highest BCUT2D eigenvalue weighted by Gasteiger charge is 2.38. The Morgan fingerprint density at radius 1 is 1.26 bits per heavy atom. The van der Waals surface area contributed by atoms with Crippen LogP contribution < -0.4 is 11.1 Å². The topological polar surface area (TPSA) is 90.1 Å². The maximum Gasteiger partial charge on any atom is 0.232 e. The summed E-state index contributed by atoms with van der Waals surface area (Å²) in [5, 5.41) is 3.82. The number of rotatable bonds is 3. The second-order valence-electron chi connectivity index (χ2n) is 5.30. The SMILES string of the molecule is Cl.Cl.NCC1(C(=O)Nc2ccnc3ccncc23)CCOCC1. The van der Waals surface area contributed by atoms with Crippen LogP contribution in [0.4, 0.5) is 5.69 Å². The number of nitrogens with zero attached hydrogens (tertiary/aromatic N) is 2. The van der Waals surface area contributed by atoms with E-state index in [1.54, 1.807) is 24.7 Å². The summed E-state index contributed by atoms with van der Waals surface area (Å²) in [5.41, 5.74) is 6.84. The minimum Gasteiger partial charge on any atom is -0.381 e. The van der Waals surface area contributed by atoms with E-state index in [0.717, 1.165) is 16.6 Å². The predicted molar refractivity (Wildman–Crippen MR) is 94.2 cm³/mol. The number of aromatic nitrogens is 2. The number of nitrogens with one attached hydrogen (secondary N) is 1. The van der Waals surface area contributed by atoms with Crippen molar-refractivity contribution in [1.29, 1.82) is 0 Å². The van der Waals surface area contributed by atoms with E-state index < -0.39 is 5.41 Å². The molecule has 23 heavy (non-hydrogen) atoms. The summed E-state index contributed by atoms with van der Waals surface area (Å²) in [4.78, 5) is 21.0. The lowest BCUT2D eigenvalue weighted by atomic mass is 9.79. The highest BCUT2D eigenvalue weighted by Crippen LogP contribution is 2.31. The lowest BCUT2D eigenvalue weighted by Gasteiger charge is -2.34. The lowest BCUT2D eigenvalue weighted by molar-refractivity contribution is -0.130. The standard InChI is InChI=1S/C15H18N4O2.2ClH/c16-10-15(3-7-21-8-4-15)14(20)19-13-2-6-18-12-1-5-17-9-11(12)13;;/h1-2,5-6,9H,3-4,7-8,10,16H2,(H,18,19,20);2*1H. The first-order valence-electron chi connectivity index (χ1n) is 7.03. The number of ether oxygens (including phenoxy) is 1. The van der Waals surface area contributed by atoms with Gasteiger partial charge in [0.2, 0.25) is 5.91 Å². The van der Waals surface area contributed by atoms with E-state index in [2.05, 4.69) is 15.3 Å². The molecule has 1 fully saturated rings. The average molecular weight is 359 g/mol. The number of fused-ring (bicyclic) bond motifs is 1. The maximum atomic E-state index is 12.7. The molecule has 2 aromatic rings. The van der Waals surface area contributed by atoms with Crippen LogP contribution >= 0.6 is 24.8 Å². The number of carbonyl (C=O) groups is 1. The first-order chi connectivity index (χ1) is 10.2. The molecule has 0 aromatic carbocycles. The van der Waals surface area contributed by atoms with Gasteiger partial charge >= 0.3 is 0 Å². The third-order valence-corrected chi connectivity index (χ3v) is 4.11. The smallest absolute Gasteiger partial charge is 0.232 e. The Morgan fingerprint density at radius 2 is 2.00 bits per heavy atom. The zero-order valence-electron chi connectivity index (χ0n) is 12.5. The van der Waals surface area contributed by atoms with Crippen molar-refractivity contribution >= 4 is 47.3 Å². The number of carbonyl (C=O) groups excluding carboxylic acids is 1.